The number of likely N-dealkylation sites (N-methyl/N-ethyl adjacent to an activating group) is 1. The summed E-state index contributed by atoms with van der Waals surface area (Å²) in [4.78, 5) is 10.0. The minimum atomic E-state index is 0.862. The summed E-state index contributed by atoms with van der Waals surface area (Å²) >= 11 is 0. The van der Waals surface area contributed by atoms with Gasteiger partial charge < -0.3 is 14.0 Å². The van der Waals surface area contributed by atoms with Crippen LogP contribution < -0.4 is 4.74 Å². The van der Waals surface area contributed by atoms with E-state index in [0.29, 0.717) is 0 Å². The highest BCUT2D eigenvalue weighted by atomic mass is 16.5. The molecule has 0 aliphatic carbocycles. The monoisotopic (exact) mass is 426 g/mol. The van der Waals surface area contributed by atoms with Crippen LogP contribution >= 0.6 is 0 Å². The summed E-state index contributed by atoms with van der Waals surface area (Å²) < 4.78 is 7.65. The number of hydrogen-bond donors (Lipinski definition) is 0. The minimum Gasteiger partial charge on any atom is -0.497 e. The van der Waals surface area contributed by atoms with Crippen molar-refractivity contribution >= 4 is 5.65 Å². The number of rotatable bonds is 5. The first-order chi connectivity index (χ1) is 15.7. The third kappa shape index (κ3) is 4.27. The van der Waals surface area contributed by atoms with Gasteiger partial charge in [-0.05, 0) is 74.1 Å². The molecule has 164 valence electrons. The third-order valence-corrected chi connectivity index (χ3v) is 6.37. The molecule has 0 atom stereocenters. The Kier molecular flexibility index (Phi) is 5.93. The van der Waals surface area contributed by atoms with Gasteiger partial charge in [0, 0.05) is 31.4 Å². The lowest BCUT2D eigenvalue weighted by atomic mass is 10.1. The fourth-order valence-corrected chi connectivity index (χ4v) is 4.50. The van der Waals surface area contributed by atoms with Crippen LogP contribution in [0.4, 0.5) is 0 Å². The Labute approximate surface area is 189 Å². The Morgan fingerprint density at radius 3 is 2.38 bits per heavy atom. The van der Waals surface area contributed by atoms with Gasteiger partial charge >= 0.3 is 0 Å². The maximum atomic E-state index is 5.37. The summed E-state index contributed by atoms with van der Waals surface area (Å²) in [5, 5.41) is 0. The third-order valence-electron chi connectivity index (χ3n) is 6.37. The van der Waals surface area contributed by atoms with Gasteiger partial charge in [0.1, 0.15) is 11.4 Å². The van der Waals surface area contributed by atoms with E-state index < -0.39 is 0 Å². The lowest BCUT2D eigenvalue weighted by Gasteiger charge is -2.21. The molecule has 1 saturated heterocycles. The first-order valence-electron chi connectivity index (χ1n) is 11.3. The number of hydrogen-bond acceptors (Lipinski definition) is 4. The molecule has 0 unspecified atom stereocenters. The number of aromatic nitrogens is 2. The van der Waals surface area contributed by atoms with Crippen molar-refractivity contribution in [3.05, 3.63) is 78.6 Å². The molecular weight excluding hydrogens is 396 g/mol. The van der Waals surface area contributed by atoms with E-state index in [4.69, 9.17) is 9.72 Å². The topological polar surface area (TPSA) is 33.0 Å². The van der Waals surface area contributed by atoms with E-state index in [1.165, 1.54) is 23.2 Å². The van der Waals surface area contributed by atoms with Crippen LogP contribution in [-0.4, -0.2) is 59.5 Å². The fraction of sp³-hybridized carbons (Fsp3) is 0.296. The molecule has 4 aromatic rings. The molecule has 1 fully saturated rings. The predicted molar refractivity (Wildman–Crippen MR) is 130 cm³/mol. The molecular formula is C27H30N4O. The van der Waals surface area contributed by atoms with Gasteiger partial charge in [-0.2, -0.15) is 0 Å². The number of imidazole rings is 1. The van der Waals surface area contributed by atoms with Gasteiger partial charge in [0.25, 0.3) is 0 Å². The molecule has 0 spiro atoms. The van der Waals surface area contributed by atoms with Crippen molar-refractivity contribution in [2.24, 2.45) is 0 Å². The lowest BCUT2D eigenvalue weighted by Crippen LogP contribution is -2.29. The zero-order valence-corrected chi connectivity index (χ0v) is 18.9. The summed E-state index contributed by atoms with van der Waals surface area (Å²) in [5.41, 5.74) is 6.82. The van der Waals surface area contributed by atoms with Gasteiger partial charge in [0.2, 0.25) is 0 Å². The zero-order valence-electron chi connectivity index (χ0n) is 18.9. The van der Waals surface area contributed by atoms with Crippen molar-refractivity contribution < 1.29 is 4.74 Å². The SMILES string of the molecule is COc1ccc(-c2nc3ccc(-c4ccccc4)cn3c2CN2CCCN(C)CC2)cc1. The Morgan fingerprint density at radius 1 is 0.812 bits per heavy atom. The van der Waals surface area contributed by atoms with E-state index in [-0.39, 0.29) is 0 Å². The smallest absolute Gasteiger partial charge is 0.137 e. The lowest BCUT2D eigenvalue weighted by molar-refractivity contribution is 0.266. The average molecular weight is 427 g/mol. The van der Waals surface area contributed by atoms with Crippen LogP contribution in [-0.2, 0) is 6.54 Å². The van der Waals surface area contributed by atoms with E-state index >= 15 is 0 Å². The van der Waals surface area contributed by atoms with Crippen molar-refractivity contribution in [2.75, 3.05) is 40.3 Å². The maximum absolute atomic E-state index is 5.37. The number of pyridine rings is 1. The van der Waals surface area contributed by atoms with Crippen molar-refractivity contribution in [1.82, 2.24) is 19.2 Å². The van der Waals surface area contributed by atoms with Crippen LogP contribution in [0.1, 0.15) is 12.1 Å². The van der Waals surface area contributed by atoms with Crippen LogP contribution in [0.3, 0.4) is 0 Å². The van der Waals surface area contributed by atoms with Crippen LogP contribution in [0, 0.1) is 0 Å². The van der Waals surface area contributed by atoms with E-state index in [9.17, 15) is 0 Å². The molecule has 5 rings (SSSR count). The fourth-order valence-electron chi connectivity index (χ4n) is 4.50. The number of methoxy groups -OCH3 is 1. The predicted octanol–water partition coefficient (Wildman–Crippen LogP) is 4.81. The Hall–Kier alpha value is -3.15. The first kappa shape index (κ1) is 20.7. The van der Waals surface area contributed by atoms with Crippen LogP contribution in [0.5, 0.6) is 5.75 Å². The minimum absolute atomic E-state index is 0.862. The van der Waals surface area contributed by atoms with Crippen molar-refractivity contribution in [3.8, 4) is 28.1 Å². The second-order valence-electron chi connectivity index (χ2n) is 8.58. The molecule has 0 bridgehead atoms. The zero-order chi connectivity index (χ0) is 21.9. The van der Waals surface area contributed by atoms with Crippen LogP contribution in [0.25, 0.3) is 28.0 Å². The molecule has 0 saturated carbocycles. The van der Waals surface area contributed by atoms with Gasteiger partial charge in [0.15, 0.2) is 0 Å². The summed E-state index contributed by atoms with van der Waals surface area (Å²) in [7, 11) is 3.92. The molecule has 5 heteroatoms. The van der Waals surface area contributed by atoms with Crippen LogP contribution in [0.15, 0.2) is 72.9 Å². The standard InChI is InChI=1S/C27H30N4O/c1-29-15-6-16-30(18-17-29)20-25-27(22-9-12-24(32-2)13-10-22)28-26-14-11-23(19-31(25)26)21-7-4-3-5-8-21/h3-5,7-14,19H,6,15-18,20H2,1-2H3. The average Bonchev–Trinajstić information content (AvgIpc) is 3.06. The highest BCUT2D eigenvalue weighted by Gasteiger charge is 2.19. The van der Waals surface area contributed by atoms with Gasteiger partial charge in [-0.15, -0.1) is 0 Å². The quantitative estimate of drug-likeness (QED) is 0.458. The largest absolute Gasteiger partial charge is 0.497 e. The molecule has 0 radical (unpaired) electrons. The van der Waals surface area contributed by atoms with Crippen molar-refractivity contribution in [3.63, 3.8) is 0 Å². The highest BCUT2D eigenvalue weighted by Crippen LogP contribution is 2.29. The molecule has 1 aliphatic rings. The summed E-state index contributed by atoms with van der Waals surface area (Å²) in [6, 6.07) is 23.1. The number of ether oxygens (including phenoxy) is 1. The molecule has 2 aromatic carbocycles. The number of fused-ring (bicyclic) bond motifs is 1. The van der Waals surface area contributed by atoms with E-state index in [2.05, 4.69) is 82.0 Å². The molecule has 32 heavy (non-hydrogen) atoms. The number of benzene rings is 2. The van der Waals surface area contributed by atoms with Crippen LogP contribution in [0.2, 0.25) is 0 Å². The van der Waals surface area contributed by atoms with E-state index in [1.807, 2.05) is 12.1 Å². The second kappa shape index (κ2) is 9.15. The van der Waals surface area contributed by atoms with E-state index in [0.717, 1.165) is 55.4 Å². The molecule has 3 heterocycles. The summed E-state index contributed by atoms with van der Waals surface area (Å²) in [6.07, 6.45) is 3.43. The molecule has 2 aromatic heterocycles. The van der Waals surface area contributed by atoms with E-state index in [1.54, 1.807) is 7.11 Å². The summed E-state index contributed by atoms with van der Waals surface area (Å²) in [5.74, 6) is 0.862. The van der Waals surface area contributed by atoms with Gasteiger partial charge in [-0.1, -0.05) is 30.3 Å². The van der Waals surface area contributed by atoms with Crippen molar-refractivity contribution in [2.45, 2.75) is 13.0 Å². The van der Waals surface area contributed by atoms with Gasteiger partial charge in [0.05, 0.1) is 18.5 Å². The summed E-state index contributed by atoms with van der Waals surface area (Å²) in [6.45, 7) is 5.33. The Bertz CT molecular complexity index is 1180. The Balaban J connectivity index is 1.59. The maximum Gasteiger partial charge on any atom is 0.137 e. The van der Waals surface area contributed by atoms with Gasteiger partial charge in [-0.25, -0.2) is 4.98 Å². The highest BCUT2D eigenvalue weighted by molar-refractivity contribution is 5.70. The molecule has 5 nitrogen and oxygen atoms in total. The van der Waals surface area contributed by atoms with Crippen molar-refractivity contribution in [1.29, 1.82) is 0 Å². The molecule has 0 amide bonds. The number of nitrogens with zero attached hydrogens (tertiary/aromatic N) is 4. The van der Waals surface area contributed by atoms with Gasteiger partial charge in [-0.3, -0.25) is 4.90 Å². The second-order valence-corrected chi connectivity index (χ2v) is 8.58. The molecule has 1 aliphatic heterocycles. The Morgan fingerprint density at radius 2 is 1.59 bits per heavy atom. The molecule has 0 N–H and O–H groups in total. The first-order valence-corrected chi connectivity index (χ1v) is 11.3. The normalized spacial score (nSPS) is 15.7.